The third-order valence-electron chi connectivity index (χ3n) is 6.19. The van der Waals surface area contributed by atoms with Crippen LogP contribution in [0.1, 0.15) is 37.1 Å². The molecule has 2 atom stereocenters. The summed E-state index contributed by atoms with van der Waals surface area (Å²) in [4.78, 5) is 11.9. The van der Waals surface area contributed by atoms with Gasteiger partial charge >= 0.3 is 0 Å². The molecule has 2 heterocycles. The standard InChI is InChI=1S/C30H32ClN3O2/c1-22-16-23(2)21-34(20-22)14-15-36-30-13-5-24(17-27(30)19-33-35-3)4-11-29-12-8-26(18-32-29)25-6-9-28(31)10-7-25/h5-10,12-13,17-19,22-23H,14-16,20-21H2,1-3H3/b33-19+. The second-order valence-corrected chi connectivity index (χ2v) is 9.85. The number of likely N-dealkylation sites (tertiary alicyclic amines) is 1. The molecule has 0 aliphatic carbocycles. The Hall–Kier alpha value is -3.33. The Balaban J connectivity index is 1.42. The normalized spacial score (nSPS) is 18.0. The van der Waals surface area contributed by atoms with Gasteiger partial charge in [0.2, 0.25) is 0 Å². The molecule has 4 rings (SSSR count). The van der Waals surface area contributed by atoms with Crippen LogP contribution in [0.2, 0.25) is 5.02 Å². The molecule has 2 unspecified atom stereocenters. The second-order valence-electron chi connectivity index (χ2n) is 9.41. The lowest BCUT2D eigenvalue weighted by Crippen LogP contribution is -2.40. The number of ether oxygens (including phenoxy) is 1. The molecule has 1 fully saturated rings. The highest BCUT2D eigenvalue weighted by Crippen LogP contribution is 2.23. The summed E-state index contributed by atoms with van der Waals surface area (Å²) in [5, 5.41) is 4.65. The Morgan fingerprint density at radius 2 is 1.78 bits per heavy atom. The van der Waals surface area contributed by atoms with Gasteiger partial charge in [0.25, 0.3) is 0 Å². The minimum Gasteiger partial charge on any atom is -0.492 e. The molecule has 1 saturated heterocycles. The van der Waals surface area contributed by atoms with Crippen molar-refractivity contribution in [3.8, 4) is 28.7 Å². The largest absolute Gasteiger partial charge is 0.492 e. The van der Waals surface area contributed by atoms with E-state index in [-0.39, 0.29) is 0 Å². The summed E-state index contributed by atoms with van der Waals surface area (Å²) in [5.41, 5.74) is 4.46. The highest BCUT2D eigenvalue weighted by atomic mass is 35.5. The van der Waals surface area contributed by atoms with Crippen molar-refractivity contribution >= 4 is 17.8 Å². The summed E-state index contributed by atoms with van der Waals surface area (Å²) in [6, 6.07) is 17.5. The molecular formula is C30H32ClN3O2. The van der Waals surface area contributed by atoms with Gasteiger partial charge in [-0.3, -0.25) is 4.90 Å². The van der Waals surface area contributed by atoms with Crippen molar-refractivity contribution in [2.75, 3.05) is 33.4 Å². The third kappa shape index (κ3) is 7.34. The summed E-state index contributed by atoms with van der Waals surface area (Å²) in [6.45, 7) is 8.46. The Kier molecular flexibility index (Phi) is 9.00. The number of oxime groups is 1. The van der Waals surface area contributed by atoms with Crippen LogP contribution in [0.4, 0.5) is 0 Å². The van der Waals surface area contributed by atoms with E-state index in [1.165, 1.54) is 13.5 Å². The zero-order valence-corrected chi connectivity index (χ0v) is 21.8. The minimum absolute atomic E-state index is 0.627. The number of aromatic nitrogens is 1. The van der Waals surface area contributed by atoms with Crippen molar-refractivity contribution in [3.63, 3.8) is 0 Å². The first-order valence-corrected chi connectivity index (χ1v) is 12.7. The monoisotopic (exact) mass is 501 g/mol. The zero-order chi connectivity index (χ0) is 25.3. The number of pyridine rings is 1. The van der Waals surface area contributed by atoms with Gasteiger partial charge in [0.15, 0.2) is 0 Å². The molecule has 0 saturated carbocycles. The lowest BCUT2D eigenvalue weighted by Gasteiger charge is -2.34. The predicted molar refractivity (Wildman–Crippen MR) is 147 cm³/mol. The average Bonchev–Trinajstić information content (AvgIpc) is 2.87. The molecule has 0 bridgehead atoms. The van der Waals surface area contributed by atoms with Crippen molar-refractivity contribution < 1.29 is 9.57 Å². The Morgan fingerprint density at radius 1 is 1.03 bits per heavy atom. The van der Waals surface area contributed by atoms with Gasteiger partial charge in [-0.25, -0.2) is 4.98 Å². The van der Waals surface area contributed by atoms with Crippen LogP contribution >= 0.6 is 11.6 Å². The fourth-order valence-electron chi connectivity index (χ4n) is 4.64. The number of piperidine rings is 1. The zero-order valence-electron chi connectivity index (χ0n) is 21.1. The van der Waals surface area contributed by atoms with E-state index < -0.39 is 0 Å². The van der Waals surface area contributed by atoms with Gasteiger partial charge in [-0.05, 0) is 66.1 Å². The third-order valence-corrected chi connectivity index (χ3v) is 6.44. The van der Waals surface area contributed by atoms with Crippen molar-refractivity contribution in [2.45, 2.75) is 20.3 Å². The van der Waals surface area contributed by atoms with E-state index in [0.717, 1.165) is 59.5 Å². The van der Waals surface area contributed by atoms with Crippen LogP contribution in [0.25, 0.3) is 11.1 Å². The fourth-order valence-corrected chi connectivity index (χ4v) is 4.77. The number of rotatable bonds is 7. The van der Waals surface area contributed by atoms with Crippen LogP contribution in [-0.4, -0.2) is 49.4 Å². The molecule has 2 aromatic carbocycles. The first kappa shape index (κ1) is 25.8. The van der Waals surface area contributed by atoms with E-state index in [1.54, 1.807) is 6.21 Å². The molecule has 36 heavy (non-hydrogen) atoms. The highest BCUT2D eigenvalue weighted by molar-refractivity contribution is 6.30. The fraction of sp³-hybridized carbons (Fsp3) is 0.333. The van der Waals surface area contributed by atoms with Crippen LogP contribution in [0, 0.1) is 23.7 Å². The summed E-state index contributed by atoms with van der Waals surface area (Å²) >= 11 is 5.98. The first-order valence-electron chi connectivity index (χ1n) is 12.3. The number of halogens is 1. The van der Waals surface area contributed by atoms with Gasteiger partial charge < -0.3 is 9.57 Å². The van der Waals surface area contributed by atoms with Gasteiger partial charge in [-0.15, -0.1) is 0 Å². The van der Waals surface area contributed by atoms with E-state index in [9.17, 15) is 0 Å². The summed E-state index contributed by atoms with van der Waals surface area (Å²) in [5.74, 6) is 8.57. The maximum absolute atomic E-state index is 6.13. The van der Waals surface area contributed by atoms with Crippen LogP contribution in [0.5, 0.6) is 5.75 Å². The van der Waals surface area contributed by atoms with Gasteiger partial charge in [0.05, 0.1) is 6.21 Å². The van der Waals surface area contributed by atoms with Gasteiger partial charge in [-0.1, -0.05) is 54.7 Å². The first-order chi connectivity index (χ1) is 17.5. The molecule has 1 aliphatic rings. The molecule has 3 aromatic rings. The van der Waals surface area contributed by atoms with Crippen LogP contribution in [0.3, 0.4) is 0 Å². The molecule has 0 spiro atoms. The lowest BCUT2D eigenvalue weighted by atomic mass is 9.92. The minimum atomic E-state index is 0.627. The average molecular weight is 502 g/mol. The van der Waals surface area contributed by atoms with E-state index >= 15 is 0 Å². The van der Waals surface area contributed by atoms with E-state index in [2.05, 4.69) is 40.7 Å². The van der Waals surface area contributed by atoms with Crippen molar-refractivity contribution in [2.24, 2.45) is 17.0 Å². The maximum atomic E-state index is 6.13. The van der Waals surface area contributed by atoms with E-state index in [4.69, 9.17) is 21.2 Å². The number of nitrogens with zero attached hydrogens (tertiary/aromatic N) is 3. The molecule has 1 aliphatic heterocycles. The summed E-state index contributed by atoms with van der Waals surface area (Å²) < 4.78 is 6.13. The predicted octanol–water partition coefficient (Wildman–Crippen LogP) is 6.14. The lowest BCUT2D eigenvalue weighted by molar-refractivity contribution is 0.120. The Labute approximate surface area is 219 Å². The summed E-state index contributed by atoms with van der Waals surface area (Å²) in [6.07, 6.45) is 4.79. The smallest absolute Gasteiger partial charge is 0.128 e. The van der Waals surface area contributed by atoms with Gasteiger partial charge in [-0.2, -0.15) is 0 Å². The molecule has 0 N–H and O–H groups in total. The van der Waals surface area contributed by atoms with Crippen LogP contribution < -0.4 is 4.74 Å². The van der Waals surface area contributed by atoms with Crippen LogP contribution in [0.15, 0.2) is 65.9 Å². The summed E-state index contributed by atoms with van der Waals surface area (Å²) in [7, 11) is 1.53. The van der Waals surface area contributed by atoms with Crippen molar-refractivity contribution in [3.05, 3.63) is 82.6 Å². The molecule has 6 heteroatoms. The Bertz CT molecular complexity index is 1220. The second kappa shape index (κ2) is 12.6. The molecular weight excluding hydrogens is 470 g/mol. The van der Waals surface area contributed by atoms with Gasteiger partial charge in [0.1, 0.15) is 25.2 Å². The van der Waals surface area contributed by atoms with Crippen molar-refractivity contribution in [1.82, 2.24) is 9.88 Å². The maximum Gasteiger partial charge on any atom is 0.128 e. The van der Waals surface area contributed by atoms with Gasteiger partial charge in [0, 0.05) is 47.5 Å². The van der Waals surface area contributed by atoms with Crippen molar-refractivity contribution in [1.29, 1.82) is 0 Å². The number of hydrogen-bond donors (Lipinski definition) is 0. The van der Waals surface area contributed by atoms with E-state index in [0.29, 0.717) is 17.3 Å². The topological polar surface area (TPSA) is 47.0 Å². The molecule has 0 amide bonds. The molecule has 0 radical (unpaired) electrons. The number of benzene rings is 2. The SMILES string of the molecule is CO/N=C/c1cc(C#Cc2ccc(-c3ccc(Cl)cc3)cn2)ccc1OCCN1CC(C)CC(C)C1. The van der Waals surface area contributed by atoms with E-state index in [1.807, 2.05) is 60.8 Å². The molecule has 1 aromatic heterocycles. The number of hydrogen-bond acceptors (Lipinski definition) is 5. The molecule has 186 valence electrons. The highest BCUT2D eigenvalue weighted by Gasteiger charge is 2.21. The molecule has 5 nitrogen and oxygen atoms in total. The quantitative estimate of drug-likeness (QED) is 0.222. The van der Waals surface area contributed by atoms with Crippen LogP contribution in [-0.2, 0) is 4.84 Å². The Morgan fingerprint density at radius 3 is 2.47 bits per heavy atom.